The van der Waals surface area contributed by atoms with Crippen LogP contribution in [0.4, 0.5) is 0 Å². The number of benzene rings is 1. The van der Waals surface area contributed by atoms with Crippen molar-refractivity contribution in [1.82, 2.24) is 14.5 Å². The second-order valence-electron chi connectivity index (χ2n) is 4.75. The molecular formula is C13H16ClN3O. The Morgan fingerprint density at radius 1 is 1.39 bits per heavy atom. The summed E-state index contributed by atoms with van der Waals surface area (Å²) >= 11 is 6.11. The van der Waals surface area contributed by atoms with Gasteiger partial charge in [0.25, 0.3) is 5.91 Å². The minimum Gasteiger partial charge on any atom is -0.345 e. The molecule has 0 radical (unpaired) electrons. The van der Waals surface area contributed by atoms with E-state index in [0.29, 0.717) is 10.8 Å². The zero-order valence-corrected chi connectivity index (χ0v) is 11.7. The number of hydrogen-bond donors (Lipinski definition) is 0. The summed E-state index contributed by atoms with van der Waals surface area (Å²) in [5.41, 5.74) is 2.32. The molecule has 0 unspecified atom stereocenters. The molecule has 0 saturated carbocycles. The molecule has 0 spiro atoms. The third-order valence-corrected chi connectivity index (χ3v) is 3.08. The number of imidazole rings is 1. The lowest BCUT2D eigenvalue weighted by Gasteiger charge is -2.11. The van der Waals surface area contributed by atoms with Crippen molar-refractivity contribution in [3.63, 3.8) is 0 Å². The summed E-state index contributed by atoms with van der Waals surface area (Å²) in [5, 5.41) is 0.453. The predicted molar refractivity (Wildman–Crippen MR) is 73.1 cm³/mol. The van der Waals surface area contributed by atoms with Gasteiger partial charge in [-0.2, -0.15) is 0 Å². The lowest BCUT2D eigenvalue weighted by Crippen LogP contribution is -2.21. The third kappa shape index (κ3) is 2.08. The monoisotopic (exact) mass is 265 g/mol. The second-order valence-corrected chi connectivity index (χ2v) is 5.09. The molecule has 4 nitrogen and oxygen atoms in total. The summed E-state index contributed by atoms with van der Waals surface area (Å²) in [5.74, 6) is -0.0351. The highest BCUT2D eigenvalue weighted by molar-refractivity contribution is 6.29. The molecular weight excluding hydrogens is 250 g/mol. The first-order chi connectivity index (χ1) is 8.41. The first kappa shape index (κ1) is 12.9. The average Bonchev–Trinajstić information content (AvgIpc) is 2.62. The van der Waals surface area contributed by atoms with Crippen LogP contribution in [-0.4, -0.2) is 34.5 Å². The van der Waals surface area contributed by atoms with E-state index in [4.69, 9.17) is 11.6 Å². The molecule has 0 atom stereocenters. The Kier molecular flexibility index (Phi) is 3.30. The number of amides is 1. The standard InChI is InChI=1S/C13H16ClN3O/c1-8(2)17-11-6-5-9(12(18)16(3)4)7-10(11)15-13(17)14/h5-8H,1-4H3. The van der Waals surface area contributed by atoms with Gasteiger partial charge in [0.2, 0.25) is 5.28 Å². The van der Waals surface area contributed by atoms with Crippen LogP contribution in [0.15, 0.2) is 18.2 Å². The molecule has 18 heavy (non-hydrogen) atoms. The first-order valence-electron chi connectivity index (χ1n) is 5.81. The summed E-state index contributed by atoms with van der Waals surface area (Å²) in [6.45, 7) is 4.10. The van der Waals surface area contributed by atoms with Crippen LogP contribution in [-0.2, 0) is 0 Å². The van der Waals surface area contributed by atoms with Gasteiger partial charge in [-0.3, -0.25) is 4.79 Å². The van der Waals surface area contributed by atoms with Crippen molar-refractivity contribution in [3.8, 4) is 0 Å². The largest absolute Gasteiger partial charge is 0.345 e. The van der Waals surface area contributed by atoms with Gasteiger partial charge in [-0.15, -0.1) is 0 Å². The minimum atomic E-state index is -0.0351. The molecule has 1 heterocycles. The minimum absolute atomic E-state index is 0.0351. The number of fused-ring (bicyclic) bond motifs is 1. The van der Waals surface area contributed by atoms with Crippen molar-refractivity contribution in [2.45, 2.75) is 19.9 Å². The van der Waals surface area contributed by atoms with Crippen molar-refractivity contribution in [2.75, 3.05) is 14.1 Å². The van der Waals surface area contributed by atoms with Gasteiger partial charge in [0, 0.05) is 25.7 Å². The molecule has 0 N–H and O–H groups in total. The Morgan fingerprint density at radius 2 is 2.06 bits per heavy atom. The van der Waals surface area contributed by atoms with Gasteiger partial charge in [0.15, 0.2) is 0 Å². The van der Waals surface area contributed by atoms with Crippen molar-refractivity contribution in [3.05, 3.63) is 29.0 Å². The Hall–Kier alpha value is -1.55. The van der Waals surface area contributed by atoms with Crippen LogP contribution in [0.25, 0.3) is 11.0 Å². The number of aromatic nitrogens is 2. The third-order valence-electron chi connectivity index (χ3n) is 2.82. The fourth-order valence-electron chi connectivity index (χ4n) is 1.95. The zero-order valence-electron chi connectivity index (χ0n) is 10.9. The lowest BCUT2D eigenvalue weighted by molar-refractivity contribution is 0.0828. The summed E-state index contributed by atoms with van der Waals surface area (Å²) in [4.78, 5) is 17.7. The van der Waals surface area contributed by atoms with E-state index in [2.05, 4.69) is 4.98 Å². The Balaban J connectivity index is 2.58. The molecule has 5 heteroatoms. The van der Waals surface area contributed by atoms with Gasteiger partial charge in [-0.1, -0.05) is 0 Å². The van der Waals surface area contributed by atoms with Crippen LogP contribution in [0.3, 0.4) is 0 Å². The van der Waals surface area contributed by atoms with E-state index in [0.717, 1.165) is 11.0 Å². The van der Waals surface area contributed by atoms with Crippen LogP contribution in [0.2, 0.25) is 5.28 Å². The molecule has 0 aliphatic rings. The highest BCUT2D eigenvalue weighted by Crippen LogP contribution is 2.25. The van der Waals surface area contributed by atoms with Gasteiger partial charge in [-0.05, 0) is 43.6 Å². The van der Waals surface area contributed by atoms with Crippen molar-refractivity contribution < 1.29 is 4.79 Å². The highest BCUT2D eigenvalue weighted by Gasteiger charge is 2.14. The summed E-state index contributed by atoms with van der Waals surface area (Å²) in [7, 11) is 3.46. The Morgan fingerprint density at radius 3 is 2.61 bits per heavy atom. The second kappa shape index (κ2) is 4.61. The normalized spacial score (nSPS) is 11.2. The summed E-state index contributed by atoms with van der Waals surface area (Å²) < 4.78 is 1.95. The zero-order chi connectivity index (χ0) is 13.4. The molecule has 0 saturated heterocycles. The molecule has 96 valence electrons. The maximum Gasteiger partial charge on any atom is 0.253 e. The number of rotatable bonds is 2. The topological polar surface area (TPSA) is 38.1 Å². The van der Waals surface area contributed by atoms with Crippen molar-refractivity contribution in [1.29, 1.82) is 0 Å². The maximum atomic E-state index is 11.9. The fourth-order valence-corrected chi connectivity index (χ4v) is 2.33. The van der Waals surface area contributed by atoms with Gasteiger partial charge in [0.1, 0.15) is 0 Å². The van der Waals surface area contributed by atoms with E-state index in [9.17, 15) is 4.79 Å². The van der Waals surface area contributed by atoms with E-state index in [1.165, 1.54) is 0 Å². The lowest BCUT2D eigenvalue weighted by atomic mass is 10.1. The molecule has 1 aromatic heterocycles. The molecule has 2 rings (SSSR count). The smallest absolute Gasteiger partial charge is 0.253 e. The molecule has 0 fully saturated rings. The van der Waals surface area contributed by atoms with Crippen molar-refractivity contribution >= 4 is 28.5 Å². The Bertz CT molecular complexity index is 602. The number of carbonyl (C=O) groups is 1. The first-order valence-corrected chi connectivity index (χ1v) is 6.18. The molecule has 1 aromatic carbocycles. The van der Waals surface area contributed by atoms with Crippen LogP contribution in [0.5, 0.6) is 0 Å². The SMILES string of the molecule is CC(C)n1c(Cl)nc2cc(C(=O)N(C)C)ccc21. The molecule has 0 aliphatic heterocycles. The van der Waals surface area contributed by atoms with E-state index < -0.39 is 0 Å². The van der Waals surface area contributed by atoms with Gasteiger partial charge < -0.3 is 9.47 Å². The van der Waals surface area contributed by atoms with Crippen molar-refractivity contribution in [2.24, 2.45) is 0 Å². The van der Waals surface area contributed by atoms with E-state index >= 15 is 0 Å². The summed E-state index contributed by atoms with van der Waals surface area (Å²) in [6.07, 6.45) is 0. The Labute approximate surface area is 111 Å². The van der Waals surface area contributed by atoms with E-state index in [1.807, 2.05) is 30.5 Å². The number of carbonyl (C=O) groups excluding carboxylic acids is 1. The number of nitrogens with zero attached hydrogens (tertiary/aromatic N) is 3. The number of halogens is 1. The molecule has 2 aromatic rings. The maximum absolute atomic E-state index is 11.9. The van der Waals surface area contributed by atoms with Gasteiger partial charge in [-0.25, -0.2) is 4.98 Å². The molecule has 0 bridgehead atoms. The molecule has 0 aliphatic carbocycles. The highest BCUT2D eigenvalue weighted by atomic mass is 35.5. The van der Waals surface area contributed by atoms with Crippen LogP contribution >= 0.6 is 11.6 Å². The van der Waals surface area contributed by atoms with Gasteiger partial charge >= 0.3 is 0 Å². The van der Waals surface area contributed by atoms with E-state index in [1.54, 1.807) is 25.1 Å². The van der Waals surface area contributed by atoms with Crippen LogP contribution in [0.1, 0.15) is 30.2 Å². The molecule has 1 amide bonds. The van der Waals surface area contributed by atoms with Crippen LogP contribution < -0.4 is 0 Å². The quantitative estimate of drug-likeness (QED) is 0.837. The van der Waals surface area contributed by atoms with Crippen LogP contribution in [0, 0.1) is 0 Å². The predicted octanol–water partition coefficient (Wildman–Crippen LogP) is 2.97. The summed E-state index contributed by atoms with van der Waals surface area (Å²) in [6, 6.07) is 5.72. The van der Waals surface area contributed by atoms with Gasteiger partial charge in [0.05, 0.1) is 11.0 Å². The average molecular weight is 266 g/mol. The number of hydrogen-bond acceptors (Lipinski definition) is 2. The van der Waals surface area contributed by atoms with E-state index in [-0.39, 0.29) is 11.9 Å². The fraction of sp³-hybridized carbons (Fsp3) is 0.385.